The second-order valence-corrected chi connectivity index (χ2v) is 5.07. The maximum absolute atomic E-state index is 10.8. The Labute approximate surface area is 98.0 Å². The second kappa shape index (κ2) is 5.64. The topological polar surface area (TPSA) is 52.6 Å². The van der Waals surface area contributed by atoms with Gasteiger partial charge >= 0.3 is 5.97 Å². The fourth-order valence-corrected chi connectivity index (χ4v) is 1.73. The van der Waals surface area contributed by atoms with Gasteiger partial charge in [0.05, 0.1) is 5.92 Å². The Balaban J connectivity index is 2.24. The molecule has 1 aliphatic rings. The Morgan fingerprint density at radius 3 is 2.44 bits per heavy atom. The molecule has 2 N–H and O–H groups in total. The molecule has 1 fully saturated rings. The van der Waals surface area contributed by atoms with Crippen LogP contribution in [0.25, 0.3) is 0 Å². The fourth-order valence-electron chi connectivity index (χ4n) is 1.73. The first kappa shape index (κ1) is 13.5. The van der Waals surface area contributed by atoms with Gasteiger partial charge in [-0.25, -0.2) is 0 Å². The molecule has 0 amide bonds. The van der Waals surface area contributed by atoms with E-state index in [1.165, 1.54) is 12.8 Å². The number of rotatable bonds is 7. The summed E-state index contributed by atoms with van der Waals surface area (Å²) >= 11 is 0. The molecule has 0 heterocycles. The van der Waals surface area contributed by atoms with Gasteiger partial charge in [0.1, 0.15) is 0 Å². The lowest BCUT2D eigenvalue weighted by Gasteiger charge is -2.27. The van der Waals surface area contributed by atoms with Crippen molar-refractivity contribution in [3.8, 4) is 0 Å². The second-order valence-electron chi connectivity index (χ2n) is 5.07. The molecule has 3 unspecified atom stereocenters. The highest BCUT2D eigenvalue weighted by Crippen LogP contribution is 2.26. The molecule has 94 valence electrons. The van der Waals surface area contributed by atoms with E-state index in [2.05, 4.69) is 24.2 Å². The maximum Gasteiger partial charge on any atom is 0.307 e. The monoisotopic (exact) mass is 228 g/mol. The highest BCUT2D eigenvalue weighted by Gasteiger charge is 2.29. The summed E-state index contributed by atoms with van der Waals surface area (Å²) < 4.78 is 0. The van der Waals surface area contributed by atoms with Crippen LogP contribution in [-0.2, 0) is 4.79 Å². The summed E-state index contributed by atoms with van der Waals surface area (Å²) in [5, 5.41) is 12.2. The Kier molecular flexibility index (Phi) is 4.74. The molecule has 0 aromatic heterocycles. The van der Waals surface area contributed by atoms with Gasteiger partial charge < -0.3 is 10.4 Å². The Morgan fingerprint density at radius 1 is 1.44 bits per heavy atom. The first-order valence-corrected chi connectivity index (χ1v) is 6.11. The lowest BCUT2D eigenvalue weighted by atomic mass is 10.0. The van der Waals surface area contributed by atoms with Crippen molar-refractivity contribution >= 4 is 5.97 Å². The fraction of sp³-hybridized carbons (Fsp3) is 0.917. The van der Waals surface area contributed by atoms with Gasteiger partial charge in [-0.2, -0.15) is 0 Å². The zero-order valence-corrected chi connectivity index (χ0v) is 10.7. The van der Waals surface area contributed by atoms with Crippen LogP contribution in [0.5, 0.6) is 0 Å². The minimum absolute atomic E-state index is 0.0209. The first-order valence-electron chi connectivity index (χ1n) is 6.11. The van der Waals surface area contributed by atoms with Crippen molar-refractivity contribution in [1.82, 2.24) is 10.2 Å². The molecule has 0 bridgehead atoms. The molecule has 1 saturated carbocycles. The Morgan fingerprint density at radius 2 is 2.00 bits per heavy atom. The van der Waals surface area contributed by atoms with Crippen molar-refractivity contribution in [2.75, 3.05) is 13.6 Å². The molecule has 0 saturated heterocycles. The average Bonchev–Trinajstić information content (AvgIpc) is 3.06. The molecule has 0 aromatic rings. The van der Waals surface area contributed by atoms with Gasteiger partial charge in [0, 0.05) is 24.7 Å². The lowest BCUT2D eigenvalue weighted by molar-refractivity contribution is -0.141. The molecular formula is C12H24N2O2. The summed E-state index contributed by atoms with van der Waals surface area (Å²) in [7, 11) is 2.15. The standard InChI is InChI=1S/C12H24N2O2/c1-8(14(4)11-5-6-11)7-13-10(3)9(2)12(15)16/h8-11,13H,5-7H2,1-4H3,(H,15,16). The maximum atomic E-state index is 10.8. The molecule has 0 radical (unpaired) electrons. The summed E-state index contributed by atoms with van der Waals surface area (Å²) in [5.41, 5.74) is 0. The average molecular weight is 228 g/mol. The molecule has 0 aromatic carbocycles. The van der Waals surface area contributed by atoms with E-state index in [9.17, 15) is 4.79 Å². The van der Waals surface area contributed by atoms with E-state index >= 15 is 0 Å². The van der Waals surface area contributed by atoms with Crippen LogP contribution in [-0.4, -0.2) is 47.7 Å². The van der Waals surface area contributed by atoms with Crippen molar-refractivity contribution in [2.24, 2.45) is 5.92 Å². The minimum Gasteiger partial charge on any atom is -0.481 e. The van der Waals surface area contributed by atoms with Gasteiger partial charge in [-0.05, 0) is 33.7 Å². The van der Waals surface area contributed by atoms with Crippen LogP contribution in [0.2, 0.25) is 0 Å². The van der Waals surface area contributed by atoms with E-state index in [1.54, 1.807) is 6.92 Å². The number of carbonyl (C=O) groups is 1. The van der Waals surface area contributed by atoms with Crippen molar-refractivity contribution in [2.45, 2.75) is 51.7 Å². The lowest BCUT2D eigenvalue weighted by Crippen LogP contribution is -2.44. The predicted molar refractivity (Wildman–Crippen MR) is 64.5 cm³/mol. The van der Waals surface area contributed by atoms with Crippen LogP contribution in [0.15, 0.2) is 0 Å². The quantitative estimate of drug-likeness (QED) is 0.687. The minimum atomic E-state index is -0.733. The Hall–Kier alpha value is -0.610. The SMILES string of the molecule is CC(NCC(C)N(C)C1CC1)C(C)C(=O)O. The summed E-state index contributed by atoms with van der Waals surface area (Å²) in [5.74, 6) is -1.07. The van der Waals surface area contributed by atoms with E-state index in [0.29, 0.717) is 6.04 Å². The number of aliphatic carboxylic acids is 1. The third-order valence-corrected chi connectivity index (χ3v) is 3.69. The number of hydrogen-bond acceptors (Lipinski definition) is 3. The van der Waals surface area contributed by atoms with E-state index in [1.807, 2.05) is 6.92 Å². The molecule has 1 aliphatic carbocycles. The summed E-state index contributed by atoms with van der Waals surface area (Å²) in [6, 6.07) is 1.24. The number of nitrogens with zero attached hydrogens (tertiary/aromatic N) is 1. The summed E-state index contributed by atoms with van der Waals surface area (Å²) in [6.45, 7) is 6.72. The number of carboxylic acids is 1. The number of likely N-dealkylation sites (N-methyl/N-ethyl adjacent to an activating group) is 1. The van der Waals surface area contributed by atoms with Crippen molar-refractivity contribution in [3.05, 3.63) is 0 Å². The predicted octanol–water partition coefficient (Wildman–Crippen LogP) is 1.17. The van der Waals surface area contributed by atoms with Crippen LogP contribution in [0, 0.1) is 5.92 Å². The third kappa shape index (κ3) is 3.76. The van der Waals surface area contributed by atoms with Gasteiger partial charge in [-0.15, -0.1) is 0 Å². The summed E-state index contributed by atoms with van der Waals surface area (Å²) in [4.78, 5) is 13.2. The number of hydrogen-bond donors (Lipinski definition) is 2. The highest BCUT2D eigenvalue weighted by atomic mass is 16.4. The van der Waals surface area contributed by atoms with Gasteiger partial charge in [0.25, 0.3) is 0 Å². The van der Waals surface area contributed by atoms with Crippen LogP contribution in [0.4, 0.5) is 0 Å². The van der Waals surface area contributed by atoms with Crippen LogP contribution in [0.1, 0.15) is 33.6 Å². The number of nitrogens with one attached hydrogen (secondary N) is 1. The van der Waals surface area contributed by atoms with E-state index in [-0.39, 0.29) is 12.0 Å². The summed E-state index contributed by atoms with van der Waals surface area (Å²) in [6.07, 6.45) is 2.61. The third-order valence-electron chi connectivity index (χ3n) is 3.69. The van der Waals surface area contributed by atoms with Crippen LogP contribution in [0.3, 0.4) is 0 Å². The molecule has 0 aliphatic heterocycles. The normalized spacial score (nSPS) is 21.8. The van der Waals surface area contributed by atoms with Crippen LogP contribution >= 0.6 is 0 Å². The largest absolute Gasteiger partial charge is 0.481 e. The molecule has 0 spiro atoms. The Bertz CT molecular complexity index is 241. The first-order chi connectivity index (χ1) is 7.43. The molecule has 16 heavy (non-hydrogen) atoms. The van der Waals surface area contributed by atoms with Gasteiger partial charge in [0.15, 0.2) is 0 Å². The number of carboxylic acid groups (broad SMARTS) is 1. The molecular weight excluding hydrogens is 204 g/mol. The van der Waals surface area contributed by atoms with E-state index in [0.717, 1.165) is 12.6 Å². The van der Waals surface area contributed by atoms with Crippen molar-refractivity contribution < 1.29 is 9.90 Å². The van der Waals surface area contributed by atoms with E-state index < -0.39 is 5.97 Å². The molecule has 3 atom stereocenters. The zero-order valence-electron chi connectivity index (χ0n) is 10.7. The smallest absolute Gasteiger partial charge is 0.307 e. The van der Waals surface area contributed by atoms with Gasteiger partial charge in [0.2, 0.25) is 0 Å². The van der Waals surface area contributed by atoms with Crippen LogP contribution < -0.4 is 5.32 Å². The van der Waals surface area contributed by atoms with E-state index in [4.69, 9.17) is 5.11 Å². The molecule has 4 heteroatoms. The van der Waals surface area contributed by atoms with Crippen molar-refractivity contribution in [1.29, 1.82) is 0 Å². The highest BCUT2D eigenvalue weighted by molar-refractivity contribution is 5.70. The van der Waals surface area contributed by atoms with Gasteiger partial charge in [-0.3, -0.25) is 9.69 Å². The molecule has 4 nitrogen and oxygen atoms in total. The van der Waals surface area contributed by atoms with Gasteiger partial charge in [-0.1, -0.05) is 6.92 Å². The van der Waals surface area contributed by atoms with Crippen molar-refractivity contribution in [3.63, 3.8) is 0 Å². The zero-order chi connectivity index (χ0) is 12.3. The molecule has 1 rings (SSSR count).